The molecular formula is C23H21N3O3. The van der Waals surface area contributed by atoms with E-state index in [9.17, 15) is 14.7 Å². The highest BCUT2D eigenvalue weighted by atomic mass is 16.4. The smallest absolute Gasteiger partial charge is 0.315 e. The van der Waals surface area contributed by atoms with Crippen LogP contribution >= 0.6 is 0 Å². The summed E-state index contributed by atoms with van der Waals surface area (Å²) in [7, 11) is 0. The molecule has 0 aliphatic carbocycles. The van der Waals surface area contributed by atoms with Gasteiger partial charge in [0.2, 0.25) is 0 Å². The average Bonchev–Trinajstić information content (AvgIpc) is 2.87. The monoisotopic (exact) mass is 387 g/mol. The number of rotatable bonds is 6. The van der Waals surface area contributed by atoms with Gasteiger partial charge in [0.15, 0.2) is 5.43 Å². The van der Waals surface area contributed by atoms with E-state index in [0.29, 0.717) is 17.2 Å². The molecule has 146 valence electrons. The Morgan fingerprint density at radius 2 is 2.00 bits per heavy atom. The van der Waals surface area contributed by atoms with E-state index < -0.39 is 17.3 Å². The molecule has 3 rings (SSSR count). The summed E-state index contributed by atoms with van der Waals surface area (Å²) in [4.78, 5) is 29.4. The van der Waals surface area contributed by atoms with Gasteiger partial charge in [-0.15, -0.1) is 0 Å². The van der Waals surface area contributed by atoms with Gasteiger partial charge in [0.05, 0.1) is 5.56 Å². The Bertz CT molecular complexity index is 1120. The van der Waals surface area contributed by atoms with Crippen molar-refractivity contribution in [2.75, 3.05) is 5.32 Å². The molecule has 0 amide bonds. The molecule has 2 heterocycles. The van der Waals surface area contributed by atoms with Gasteiger partial charge in [-0.2, -0.15) is 0 Å². The standard InChI is InChI=1S/C23H21N3O3/c1-4-9-16(5-2)25-20-14-19(27)21-18(23(28)29)13-12-15(3)24-22(21)26(20)17-10-7-6-8-11-17/h4-14,18,25H,1-2H2,3H3,(H,28,29)/b16-9+. The third-order valence-corrected chi connectivity index (χ3v) is 4.42. The number of allylic oxidation sites excluding steroid dienone is 4. The second-order valence-corrected chi connectivity index (χ2v) is 6.42. The van der Waals surface area contributed by atoms with Crippen LogP contribution in [0.1, 0.15) is 18.4 Å². The number of hydrogen-bond donors (Lipinski definition) is 2. The number of para-hydroxylation sites is 1. The minimum absolute atomic E-state index is 0.118. The number of hydrogen-bond acceptors (Lipinski definition) is 4. The van der Waals surface area contributed by atoms with E-state index in [2.05, 4.69) is 23.5 Å². The van der Waals surface area contributed by atoms with Gasteiger partial charge < -0.3 is 10.4 Å². The normalized spacial score (nSPS) is 15.7. The summed E-state index contributed by atoms with van der Waals surface area (Å²) in [6.07, 6.45) is 8.03. The van der Waals surface area contributed by atoms with Crippen LogP contribution in [-0.2, 0) is 4.79 Å². The van der Waals surface area contributed by atoms with Gasteiger partial charge in [0.1, 0.15) is 17.6 Å². The summed E-state index contributed by atoms with van der Waals surface area (Å²) in [5, 5.41) is 12.9. The van der Waals surface area contributed by atoms with Crippen molar-refractivity contribution in [1.82, 2.24) is 4.57 Å². The largest absolute Gasteiger partial charge is 0.481 e. The Kier molecular flexibility index (Phi) is 5.74. The minimum Gasteiger partial charge on any atom is -0.481 e. The second-order valence-electron chi connectivity index (χ2n) is 6.42. The molecule has 29 heavy (non-hydrogen) atoms. The topological polar surface area (TPSA) is 83.7 Å². The van der Waals surface area contributed by atoms with Gasteiger partial charge in [-0.3, -0.25) is 14.2 Å². The van der Waals surface area contributed by atoms with E-state index in [0.717, 1.165) is 5.69 Å². The van der Waals surface area contributed by atoms with Crippen LogP contribution in [0.5, 0.6) is 0 Å². The van der Waals surface area contributed by atoms with Crippen LogP contribution in [-0.4, -0.2) is 21.4 Å². The molecule has 0 spiro atoms. The lowest BCUT2D eigenvalue weighted by atomic mass is 9.98. The van der Waals surface area contributed by atoms with Crippen LogP contribution < -0.4 is 10.7 Å². The van der Waals surface area contributed by atoms with E-state index in [-0.39, 0.29) is 11.4 Å². The number of benzene rings is 1. The highest BCUT2D eigenvalue weighted by Gasteiger charge is 2.28. The predicted octanol–water partition coefficient (Wildman–Crippen LogP) is 4.34. The minimum atomic E-state index is -1.11. The van der Waals surface area contributed by atoms with Crippen LogP contribution in [0.3, 0.4) is 0 Å². The second kappa shape index (κ2) is 8.39. The summed E-state index contributed by atoms with van der Waals surface area (Å²) in [6.45, 7) is 9.21. The molecule has 2 N–H and O–H groups in total. The van der Waals surface area contributed by atoms with Gasteiger partial charge in [-0.25, -0.2) is 4.99 Å². The summed E-state index contributed by atoms with van der Waals surface area (Å²) >= 11 is 0. The quantitative estimate of drug-likeness (QED) is 0.723. The SMILES string of the molecule is C=C/C=C(\C=C)Nc1cc(=O)c2c(n1-c1ccccc1)N=C(C)C=CC2C(=O)O. The van der Waals surface area contributed by atoms with Crippen LogP contribution in [0, 0.1) is 0 Å². The fourth-order valence-corrected chi connectivity index (χ4v) is 3.12. The first-order valence-corrected chi connectivity index (χ1v) is 9.00. The van der Waals surface area contributed by atoms with E-state index >= 15 is 0 Å². The van der Waals surface area contributed by atoms with Crippen molar-refractivity contribution in [1.29, 1.82) is 0 Å². The predicted molar refractivity (Wildman–Crippen MR) is 116 cm³/mol. The molecular weight excluding hydrogens is 366 g/mol. The van der Waals surface area contributed by atoms with Crippen LogP contribution in [0.4, 0.5) is 11.6 Å². The number of aliphatic carboxylic acids is 1. The lowest BCUT2D eigenvalue weighted by Gasteiger charge is -2.21. The number of fused-ring (bicyclic) bond motifs is 1. The number of carbonyl (C=O) groups is 1. The maximum Gasteiger partial charge on any atom is 0.315 e. The molecule has 1 atom stereocenters. The molecule has 1 aliphatic rings. The van der Waals surface area contributed by atoms with Crippen LogP contribution in [0.25, 0.3) is 5.69 Å². The number of carboxylic acids is 1. The molecule has 0 radical (unpaired) electrons. The van der Waals surface area contributed by atoms with E-state index in [1.165, 1.54) is 12.1 Å². The van der Waals surface area contributed by atoms with Crippen molar-refractivity contribution in [2.45, 2.75) is 12.8 Å². The maximum absolute atomic E-state index is 13.0. The molecule has 0 fully saturated rings. The number of nitrogens with one attached hydrogen (secondary N) is 1. The van der Waals surface area contributed by atoms with E-state index in [4.69, 9.17) is 0 Å². The van der Waals surface area contributed by atoms with Gasteiger partial charge >= 0.3 is 5.97 Å². The van der Waals surface area contributed by atoms with E-state index in [1.807, 2.05) is 30.3 Å². The maximum atomic E-state index is 13.0. The molecule has 2 aromatic rings. The Labute approximate surface area is 168 Å². The van der Waals surface area contributed by atoms with Gasteiger partial charge in [0.25, 0.3) is 0 Å². The van der Waals surface area contributed by atoms with E-state index in [1.54, 1.807) is 35.8 Å². The zero-order valence-corrected chi connectivity index (χ0v) is 16.0. The highest BCUT2D eigenvalue weighted by molar-refractivity contribution is 5.97. The third kappa shape index (κ3) is 4.01. The number of anilines is 1. The molecule has 0 saturated carbocycles. The van der Waals surface area contributed by atoms with Crippen molar-refractivity contribution >= 4 is 23.3 Å². The zero-order chi connectivity index (χ0) is 21.0. The summed E-state index contributed by atoms with van der Waals surface area (Å²) < 4.78 is 1.74. The summed E-state index contributed by atoms with van der Waals surface area (Å²) in [5.41, 5.74) is 1.67. The first kappa shape index (κ1) is 19.8. The fourth-order valence-electron chi connectivity index (χ4n) is 3.12. The van der Waals surface area contributed by atoms with Gasteiger partial charge in [-0.05, 0) is 37.3 Å². The van der Waals surface area contributed by atoms with Crippen molar-refractivity contribution in [3.05, 3.63) is 101 Å². The van der Waals surface area contributed by atoms with Crippen molar-refractivity contribution in [2.24, 2.45) is 4.99 Å². The van der Waals surface area contributed by atoms with Crippen LogP contribution in [0.2, 0.25) is 0 Å². The molecule has 1 aliphatic heterocycles. The molecule has 0 saturated heterocycles. The average molecular weight is 387 g/mol. The van der Waals surface area contributed by atoms with Gasteiger partial charge in [0, 0.05) is 23.2 Å². The fraction of sp³-hybridized carbons (Fsp3) is 0.0870. The van der Waals surface area contributed by atoms with Crippen molar-refractivity contribution in [3.8, 4) is 5.69 Å². The molecule has 6 heteroatoms. The first-order valence-electron chi connectivity index (χ1n) is 9.00. The number of aliphatic imine (C=N–C) groups is 1. The summed E-state index contributed by atoms with van der Waals surface area (Å²) in [6, 6.07) is 10.7. The van der Waals surface area contributed by atoms with Crippen LogP contribution in [0.15, 0.2) is 95.4 Å². The number of carboxylic acid groups (broad SMARTS) is 1. The Morgan fingerprint density at radius 1 is 1.28 bits per heavy atom. The number of nitrogens with zero attached hydrogens (tertiary/aromatic N) is 2. The molecule has 0 bridgehead atoms. The first-order chi connectivity index (χ1) is 14.0. The van der Waals surface area contributed by atoms with Crippen molar-refractivity contribution < 1.29 is 9.90 Å². The van der Waals surface area contributed by atoms with Gasteiger partial charge in [-0.1, -0.05) is 43.5 Å². The highest BCUT2D eigenvalue weighted by Crippen LogP contribution is 2.34. The third-order valence-electron chi connectivity index (χ3n) is 4.42. The number of aromatic nitrogens is 1. The Balaban J connectivity index is 2.40. The molecule has 1 aromatic heterocycles. The number of pyridine rings is 1. The lowest BCUT2D eigenvalue weighted by Crippen LogP contribution is -2.22. The Morgan fingerprint density at radius 3 is 2.62 bits per heavy atom. The molecule has 1 unspecified atom stereocenters. The zero-order valence-electron chi connectivity index (χ0n) is 16.0. The Hall–Kier alpha value is -3.93. The molecule has 1 aromatic carbocycles. The molecule has 6 nitrogen and oxygen atoms in total. The lowest BCUT2D eigenvalue weighted by molar-refractivity contribution is -0.137. The van der Waals surface area contributed by atoms with Crippen molar-refractivity contribution in [3.63, 3.8) is 0 Å². The summed E-state index contributed by atoms with van der Waals surface area (Å²) in [5.74, 6) is -1.48.